The van der Waals surface area contributed by atoms with Gasteiger partial charge < -0.3 is 8.98 Å². The minimum atomic E-state index is 0.141. The zero-order valence-corrected chi connectivity index (χ0v) is 26.2. The lowest BCUT2D eigenvalue weighted by molar-refractivity contribution is 0.517. The normalized spacial score (nSPS) is 14.7. The molecule has 1 aliphatic carbocycles. The Morgan fingerprint density at radius 1 is 0.542 bits per heavy atom. The Morgan fingerprint density at radius 3 is 2.17 bits per heavy atom. The fraction of sp³-hybridized carbons (Fsp3) is 0.0435. The Kier molecular flexibility index (Phi) is 5.25. The average Bonchev–Trinajstić information content (AvgIpc) is 3.70. The summed E-state index contributed by atoms with van der Waals surface area (Å²) in [6.45, 7) is 0. The third kappa shape index (κ3) is 3.52. The van der Waals surface area contributed by atoms with Gasteiger partial charge >= 0.3 is 0 Å². The van der Waals surface area contributed by atoms with E-state index in [0.717, 1.165) is 23.3 Å². The van der Waals surface area contributed by atoms with E-state index in [2.05, 4.69) is 162 Å². The number of hydrogen-bond acceptors (Lipinski definition) is 1. The first kappa shape index (κ1) is 26.0. The molecule has 2 aromatic heterocycles. The topological polar surface area (TPSA) is 18.1 Å². The maximum atomic E-state index is 6.86. The van der Waals surface area contributed by atoms with Crippen LogP contribution in [0.25, 0.3) is 88.0 Å². The molecule has 10 aromatic rings. The summed E-state index contributed by atoms with van der Waals surface area (Å²) in [5.74, 6) is 1.20. The first-order valence-corrected chi connectivity index (χ1v) is 16.8. The van der Waals surface area contributed by atoms with E-state index in [9.17, 15) is 0 Å². The van der Waals surface area contributed by atoms with Gasteiger partial charge in [-0.3, -0.25) is 0 Å². The molecule has 2 heterocycles. The number of fused-ring (bicyclic) bond motifs is 6. The van der Waals surface area contributed by atoms with Crippen LogP contribution in [-0.2, 0) is 0 Å². The van der Waals surface area contributed by atoms with Crippen molar-refractivity contribution in [1.29, 1.82) is 0 Å². The molecule has 0 saturated carbocycles. The smallest absolute Gasteiger partial charge is 0.142 e. The highest BCUT2D eigenvalue weighted by Crippen LogP contribution is 2.45. The minimum Gasteiger partial charge on any atom is -0.459 e. The van der Waals surface area contributed by atoms with Crippen LogP contribution in [0, 0.1) is 0 Å². The third-order valence-corrected chi connectivity index (χ3v) is 10.7. The molecule has 0 radical (unpaired) electrons. The number of furan rings is 1. The lowest BCUT2D eigenvalue weighted by Gasteiger charge is -2.19. The van der Waals surface area contributed by atoms with Crippen molar-refractivity contribution >= 4 is 71.2 Å². The molecule has 1 aliphatic rings. The second-order valence-corrected chi connectivity index (χ2v) is 13.2. The lowest BCUT2D eigenvalue weighted by Crippen LogP contribution is -2.03. The Hall–Kier alpha value is -6.12. The highest BCUT2D eigenvalue weighted by atomic mass is 16.3. The molecule has 1 unspecified atom stereocenters. The quantitative estimate of drug-likeness (QED) is 0.182. The predicted molar refractivity (Wildman–Crippen MR) is 202 cm³/mol. The van der Waals surface area contributed by atoms with Crippen molar-refractivity contribution in [3.05, 3.63) is 169 Å². The summed E-state index contributed by atoms with van der Waals surface area (Å²) in [5.41, 5.74) is 9.43. The van der Waals surface area contributed by atoms with Crippen LogP contribution in [-0.4, -0.2) is 4.57 Å². The molecule has 0 N–H and O–H groups in total. The summed E-state index contributed by atoms with van der Waals surface area (Å²) in [7, 11) is 0. The van der Waals surface area contributed by atoms with Crippen molar-refractivity contribution in [3.8, 4) is 16.8 Å². The van der Waals surface area contributed by atoms with Gasteiger partial charge in [-0.05, 0) is 68.7 Å². The number of hydrogen-bond donors (Lipinski definition) is 0. The molecule has 48 heavy (non-hydrogen) atoms. The number of nitrogens with zero attached hydrogens (tertiary/aromatic N) is 1. The van der Waals surface area contributed by atoms with Gasteiger partial charge in [0.15, 0.2) is 0 Å². The summed E-state index contributed by atoms with van der Waals surface area (Å²) < 4.78 is 9.34. The van der Waals surface area contributed by atoms with E-state index < -0.39 is 0 Å². The monoisotopic (exact) mass is 611 g/mol. The van der Waals surface area contributed by atoms with Gasteiger partial charge in [-0.1, -0.05) is 133 Å². The second-order valence-electron chi connectivity index (χ2n) is 13.2. The van der Waals surface area contributed by atoms with Crippen LogP contribution in [0.1, 0.15) is 29.2 Å². The second kappa shape index (κ2) is 9.70. The molecule has 8 aromatic carbocycles. The van der Waals surface area contributed by atoms with E-state index in [1.807, 2.05) is 0 Å². The molecule has 224 valence electrons. The predicted octanol–water partition coefficient (Wildman–Crippen LogP) is 12.6. The molecule has 0 bridgehead atoms. The van der Waals surface area contributed by atoms with Crippen LogP contribution in [0.4, 0.5) is 0 Å². The van der Waals surface area contributed by atoms with Gasteiger partial charge in [-0.25, -0.2) is 0 Å². The van der Waals surface area contributed by atoms with Gasteiger partial charge in [0.05, 0.1) is 16.7 Å². The van der Waals surface area contributed by atoms with E-state index >= 15 is 0 Å². The van der Waals surface area contributed by atoms with Crippen molar-refractivity contribution in [3.63, 3.8) is 0 Å². The standard InChI is InChI=1S/C46H29NO/c1-2-9-28(10-3-1)33-14-7-16-36-37-17-8-15-34(46(37)48-45(33)36)32-23-26-42-39(27-32)35-13-4-5-18-40(35)47(42)41-25-22-31-20-19-29-11-6-12-30-21-24-38(41)44(31)43(29)30/h1-14,16-27,34H,15H2. The summed E-state index contributed by atoms with van der Waals surface area (Å²) in [6, 6.07) is 53.3. The summed E-state index contributed by atoms with van der Waals surface area (Å²) in [5, 5.41) is 11.5. The third-order valence-electron chi connectivity index (χ3n) is 10.7. The maximum absolute atomic E-state index is 6.86. The molecule has 0 spiro atoms. The number of aromatic nitrogens is 1. The van der Waals surface area contributed by atoms with E-state index in [1.165, 1.54) is 81.9 Å². The van der Waals surface area contributed by atoms with Gasteiger partial charge in [-0.15, -0.1) is 0 Å². The van der Waals surface area contributed by atoms with Crippen LogP contribution in [0.3, 0.4) is 0 Å². The Bertz CT molecular complexity index is 2900. The highest BCUT2D eigenvalue weighted by Gasteiger charge is 2.27. The number of para-hydroxylation sites is 2. The molecular formula is C46H29NO. The summed E-state index contributed by atoms with van der Waals surface area (Å²) in [4.78, 5) is 0. The molecule has 2 heteroatoms. The molecule has 11 rings (SSSR count). The van der Waals surface area contributed by atoms with E-state index in [0.29, 0.717) is 0 Å². The van der Waals surface area contributed by atoms with E-state index in [4.69, 9.17) is 4.42 Å². The van der Waals surface area contributed by atoms with E-state index in [-0.39, 0.29) is 5.92 Å². The van der Waals surface area contributed by atoms with Crippen LogP contribution >= 0.6 is 0 Å². The zero-order valence-electron chi connectivity index (χ0n) is 26.2. The largest absolute Gasteiger partial charge is 0.459 e. The first-order chi connectivity index (χ1) is 23.8. The molecule has 1 atom stereocenters. The molecular weight excluding hydrogens is 583 g/mol. The Balaban J connectivity index is 1.12. The number of rotatable bonds is 3. The zero-order chi connectivity index (χ0) is 31.3. The van der Waals surface area contributed by atoms with Crippen molar-refractivity contribution in [2.75, 3.05) is 0 Å². The fourth-order valence-corrected chi connectivity index (χ4v) is 8.53. The van der Waals surface area contributed by atoms with Gasteiger partial charge in [0, 0.05) is 38.6 Å². The van der Waals surface area contributed by atoms with Crippen molar-refractivity contribution in [2.24, 2.45) is 0 Å². The Morgan fingerprint density at radius 2 is 1.27 bits per heavy atom. The Labute approximate surface area is 277 Å². The number of allylic oxidation sites excluding steroid dienone is 1. The van der Waals surface area contributed by atoms with Crippen molar-refractivity contribution < 1.29 is 4.42 Å². The molecule has 0 saturated heterocycles. The molecule has 0 fully saturated rings. The molecule has 0 aliphatic heterocycles. The van der Waals surface area contributed by atoms with Gasteiger partial charge in [0.25, 0.3) is 0 Å². The SMILES string of the molecule is C1=Cc2c(oc3c(-c4ccccc4)cccc23)C(c2ccc3c(c2)c2ccccc2n3-c2ccc3ccc4cccc5ccc2c3c45)C1. The summed E-state index contributed by atoms with van der Waals surface area (Å²) in [6.07, 6.45) is 5.48. The fourth-order valence-electron chi connectivity index (χ4n) is 8.53. The van der Waals surface area contributed by atoms with Crippen LogP contribution in [0.15, 0.2) is 156 Å². The molecule has 0 amide bonds. The van der Waals surface area contributed by atoms with Crippen molar-refractivity contribution in [2.45, 2.75) is 12.3 Å². The average molecular weight is 612 g/mol. The van der Waals surface area contributed by atoms with Gasteiger partial charge in [-0.2, -0.15) is 0 Å². The van der Waals surface area contributed by atoms with Crippen LogP contribution < -0.4 is 0 Å². The summed E-state index contributed by atoms with van der Waals surface area (Å²) >= 11 is 0. The van der Waals surface area contributed by atoms with E-state index in [1.54, 1.807) is 0 Å². The van der Waals surface area contributed by atoms with Gasteiger partial charge in [0.1, 0.15) is 11.3 Å². The van der Waals surface area contributed by atoms with Crippen LogP contribution in [0.5, 0.6) is 0 Å². The first-order valence-electron chi connectivity index (χ1n) is 16.8. The number of benzene rings is 8. The lowest BCUT2D eigenvalue weighted by atomic mass is 9.86. The van der Waals surface area contributed by atoms with Crippen molar-refractivity contribution in [1.82, 2.24) is 4.57 Å². The highest BCUT2D eigenvalue weighted by molar-refractivity contribution is 6.25. The minimum absolute atomic E-state index is 0.141. The maximum Gasteiger partial charge on any atom is 0.142 e. The molecule has 2 nitrogen and oxygen atoms in total. The van der Waals surface area contributed by atoms with Crippen LogP contribution in [0.2, 0.25) is 0 Å². The van der Waals surface area contributed by atoms with Gasteiger partial charge in [0.2, 0.25) is 0 Å².